The van der Waals surface area contributed by atoms with E-state index in [2.05, 4.69) is 60.2 Å². The Hall–Kier alpha value is -1.00. The van der Waals surface area contributed by atoms with Crippen molar-refractivity contribution in [3.8, 4) is 11.1 Å². The Kier molecular flexibility index (Phi) is 5.28. The van der Waals surface area contributed by atoms with Crippen molar-refractivity contribution < 1.29 is 4.74 Å². The second kappa shape index (κ2) is 6.96. The summed E-state index contributed by atoms with van der Waals surface area (Å²) in [5, 5.41) is 0. The zero-order chi connectivity index (χ0) is 13.7. The summed E-state index contributed by atoms with van der Waals surface area (Å²) in [4.78, 5) is 0. The molecule has 0 bridgehead atoms. The molecule has 0 saturated carbocycles. The zero-order valence-corrected chi connectivity index (χ0v) is 12.1. The van der Waals surface area contributed by atoms with Crippen LogP contribution in [0.15, 0.2) is 42.5 Å². The van der Waals surface area contributed by atoms with Gasteiger partial charge >= 0.3 is 93.1 Å². The van der Waals surface area contributed by atoms with Gasteiger partial charge < -0.3 is 4.74 Å². The number of fused-ring (bicyclic) bond motifs is 3. The van der Waals surface area contributed by atoms with Crippen LogP contribution in [0.2, 0.25) is 0 Å². The third kappa shape index (κ3) is 3.31. The standard InChI is InChI=1S/C13H9.C4H10O.Li/c1-3-7-12-10(5-1)9-11-6-2-4-8-13(11)12;1-3-5-4-2;/h1-5,7-8H,9H2;3-4H2,1-2H3;. The fourth-order valence-electron chi connectivity index (χ4n) is 2.52. The molecule has 1 aliphatic rings. The number of benzene rings is 2. The van der Waals surface area contributed by atoms with E-state index in [4.69, 9.17) is 4.74 Å². The Morgan fingerprint density at radius 3 is 2.32 bits per heavy atom. The van der Waals surface area contributed by atoms with Crippen molar-refractivity contribution in [1.29, 1.82) is 0 Å². The Morgan fingerprint density at radius 1 is 0.947 bits per heavy atom. The number of hydrogen-bond donors (Lipinski definition) is 0. The molecular weight excluding hydrogens is 227 g/mol. The van der Waals surface area contributed by atoms with Crippen molar-refractivity contribution in [2.45, 2.75) is 20.3 Å². The van der Waals surface area contributed by atoms with E-state index in [9.17, 15) is 0 Å². The molecule has 94 valence electrons. The van der Waals surface area contributed by atoms with Crippen molar-refractivity contribution in [1.82, 2.24) is 0 Å². The van der Waals surface area contributed by atoms with Crippen molar-refractivity contribution in [3.63, 3.8) is 0 Å². The SMILES string of the molecule is CCOCC.[Li][c]1cccc2c1Cc1ccccc1-2. The molecule has 1 nitrogen and oxygen atoms in total. The Labute approximate surface area is 125 Å². The second-order valence-electron chi connectivity index (χ2n) is 4.72. The Morgan fingerprint density at radius 2 is 1.63 bits per heavy atom. The summed E-state index contributed by atoms with van der Waals surface area (Å²) in [6.07, 6.45) is 1.11. The molecule has 0 spiro atoms. The van der Waals surface area contributed by atoms with Crippen LogP contribution in [0.25, 0.3) is 11.1 Å². The van der Waals surface area contributed by atoms with E-state index in [1.807, 2.05) is 13.8 Å². The molecule has 2 aromatic carbocycles. The molecule has 0 fully saturated rings. The van der Waals surface area contributed by atoms with Gasteiger partial charge in [0.15, 0.2) is 0 Å². The third-order valence-electron chi connectivity index (χ3n) is 3.49. The Balaban J connectivity index is 0.000000232. The fourth-order valence-corrected chi connectivity index (χ4v) is 2.52. The molecule has 2 aromatic rings. The average Bonchev–Trinajstić information content (AvgIpc) is 2.81. The van der Waals surface area contributed by atoms with Crippen molar-refractivity contribution in [2.24, 2.45) is 0 Å². The van der Waals surface area contributed by atoms with Crippen molar-refractivity contribution in [2.75, 3.05) is 13.2 Å². The van der Waals surface area contributed by atoms with Crippen LogP contribution in [0.1, 0.15) is 25.0 Å². The van der Waals surface area contributed by atoms with Gasteiger partial charge in [0.1, 0.15) is 0 Å². The number of rotatable bonds is 2. The summed E-state index contributed by atoms with van der Waals surface area (Å²) in [5.74, 6) is 0. The van der Waals surface area contributed by atoms with Gasteiger partial charge in [-0.1, -0.05) is 0 Å². The van der Waals surface area contributed by atoms with E-state index < -0.39 is 0 Å². The van der Waals surface area contributed by atoms with Gasteiger partial charge in [-0.2, -0.15) is 0 Å². The maximum absolute atomic E-state index is 4.83. The molecule has 0 saturated heterocycles. The summed E-state index contributed by atoms with van der Waals surface area (Å²) < 4.78 is 6.25. The van der Waals surface area contributed by atoms with E-state index >= 15 is 0 Å². The number of hydrogen-bond acceptors (Lipinski definition) is 1. The Bertz CT molecular complexity index is 547. The van der Waals surface area contributed by atoms with E-state index in [0.717, 1.165) is 19.6 Å². The normalized spacial score (nSPS) is 11.4. The minimum absolute atomic E-state index is 0.844. The van der Waals surface area contributed by atoms with Crippen LogP contribution in [0.5, 0.6) is 0 Å². The molecule has 2 heteroatoms. The van der Waals surface area contributed by atoms with Crippen LogP contribution in [-0.2, 0) is 11.2 Å². The molecule has 0 amide bonds. The first-order valence-corrected chi connectivity index (χ1v) is 7.02. The second-order valence-corrected chi connectivity index (χ2v) is 4.72. The van der Waals surface area contributed by atoms with Gasteiger partial charge in [0, 0.05) is 13.2 Å². The van der Waals surface area contributed by atoms with E-state index in [1.54, 1.807) is 0 Å². The molecule has 0 heterocycles. The predicted octanol–water partition coefficient (Wildman–Crippen LogP) is 3.09. The van der Waals surface area contributed by atoms with Crippen LogP contribution in [-0.4, -0.2) is 30.9 Å². The molecule has 0 unspecified atom stereocenters. The molecule has 0 aromatic heterocycles. The van der Waals surface area contributed by atoms with Crippen LogP contribution in [0, 0.1) is 0 Å². The first-order chi connectivity index (χ1) is 9.27. The van der Waals surface area contributed by atoms with Crippen LogP contribution in [0.4, 0.5) is 0 Å². The van der Waals surface area contributed by atoms with E-state index in [0.29, 0.717) is 0 Å². The topological polar surface area (TPSA) is 9.23 Å². The summed E-state index contributed by atoms with van der Waals surface area (Å²) in [6, 6.07) is 15.3. The van der Waals surface area contributed by atoms with Gasteiger partial charge in [0.2, 0.25) is 0 Å². The van der Waals surface area contributed by atoms with Crippen LogP contribution < -0.4 is 4.24 Å². The molecular formula is C17H19LiO. The van der Waals surface area contributed by atoms with Gasteiger partial charge in [-0.15, -0.1) is 0 Å². The van der Waals surface area contributed by atoms with Gasteiger partial charge in [0.05, 0.1) is 0 Å². The van der Waals surface area contributed by atoms with E-state index in [1.165, 1.54) is 26.5 Å². The first kappa shape index (κ1) is 14.4. The van der Waals surface area contributed by atoms with Crippen molar-refractivity contribution in [3.05, 3.63) is 53.6 Å². The van der Waals surface area contributed by atoms with Crippen LogP contribution >= 0.6 is 0 Å². The maximum atomic E-state index is 4.83. The quantitative estimate of drug-likeness (QED) is 0.631. The summed E-state index contributed by atoms with van der Waals surface area (Å²) in [5.41, 5.74) is 5.83. The van der Waals surface area contributed by atoms with Gasteiger partial charge in [-0.05, 0) is 13.8 Å². The molecule has 0 atom stereocenters. The first-order valence-electron chi connectivity index (χ1n) is 7.02. The minimum atomic E-state index is 0.844. The fraction of sp³-hybridized carbons (Fsp3) is 0.294. The molecule has 19 heavy (non-hydrogen) atoms. The van der Waals surface area contributed by atoms with Gasteiger partial charge in [-0.3, -0.25) is 0 Å². The molecule has 3 rings (SSSR count). The molecule has 0 N–H and O–H groups in total. The average molecular weight is 246 g/mol. The molecule has 0 aliphatic heterocycles. The summed E-state index contributed by atoms with van der Waals surface area (Å²) >= 11 is 2.20. The molecule has 0 radical (unpaired) electrons. The predicted molar refractivity (Wildman–Crippen MR) is 82.2 cm³/mol. The van der Waals surface area contributed by atoms with Gasteiger partial charge in [-0.25, -0.2) is 0 Å². The van der Waals surface area contributed by atoms with Gasteiger partial charge in [0.25, 0.3) is 0 Å². The summed E-state index contributed by atoms with van der Waals surface area (Å²) in [7, 11) is 0. The monoisotopic (exact) mass is 246 g/mol. The zero-order valence-electron chi connectivity index (χ0n) is 12.1. The van der Waals surface area contributed by atoms with Crippen LogP contribution in [0.3, 0.4) is 0 Å². The van der Waals surface area contributed by atoms with E-state index in [-0.39, 0.29) is 0 Å². The molecule has 1 aliphatic carbocycles. The van der Waals surface area contributed by atoms with Crippen molar-refractivity contribution >= 4 is 22.0 Å². The third-order valence-corrected chi connectivity index (χ3v) is 3.49. The summed E-state index contributed by atoms with van der Waals surface area (Å²) in [6.45, 7) is 5.67. The number of ether oxygens (including phenoxy) is 1.